The first-order valence-electron chi connectivity index (χ1n) is 5.92. The molecule has 1 aromatic heterocycles. The standard InChI is InChI=1S/C15H11NO3/c17-15(18)14-16(10-11-6-2-1-3-7-11)12-8-4-5-9-13(12)19-14/h1-9H,10H2. The van der Waals surface area contributed by atoms with Crippen molar-refractivity contribution in [2.75, 3.05) is 0 Å². The molecule has 0 fully saturated rings. The summed E-state index contributed by atoms with van der Waals surface area (Å²) in [5.41, 5.74) is 2.28. The third-order valence-electron chi connectivity index (χ3n) is 2.97. The van der Waals surface area contributed by atoms with Crippen molar-refractivity contribution in [3.8, 4) is 0 Å². The van der Waals surface area contributed by atoms with E-state index in [9.17, 15) is 9.90 Å². The molecule has 19 heavy (non-hydrogen) atoms. The minimum Gasteiger partial charge on any atom is -0.537 e. The van der Waals surface area contributed by atoms with Gasteiger partial charge in [-0.2, -0.15) is 4.57 Å². The van der Waals surface area contributed by atoms with Crippen molar-refractivity contribution in [2.45, 2.75) is 6.54 Å². The largest absolute Gasteiger partial charge is 0.537 e. The molecule has 0 N–H and O–H groups in total. The van der Waals surface area contributed by atoms with Crippen LogP contribution in [0.15, 0.2) is 59.0 Å². The maximum atomic E-state index is 11.2. The number of hydrogen-bond donors (Lipinski definition) is 0. The lowest BCUT2D eigenvalue weighted by atomic mass is 10.2. The van der Waals surface area contributed by atoms with Crippen molar-refractivity contribution in [1.29, 1.82) is 0 Å². The third kappa shape index (κ3) is 2.08. The number of oxazole rings is 1. The molecule has 4 heteroatoms. The second-order valence-corrected chi connectivity index (χ2v) is 4.23. The molecular formula is C15H11NO3. The van der Waals surface area contributed by atoms with Crippen LogP contribution in [-0.4, -0.2) is 5.97 Å². The van der Waals surface area contributed by atoms with Gasteiger partial charge in [-0.05, 0) is 6.07 Å². The Kier molecular flexibility index (Phi) is 2.76. The third-order valence-corrected chi connectivity index (χ3v) is 2.97. The fourth-order valence-corrected chi connectivity index (χ4v) is 2.11. The van der Waals surface area contributed by atoms with Crippen LogP contribution >= 0.6 is 0 Å². The van der Waals surface area contributed by atoms with Gasteiger partial charge in [-0.1, -0.05) is 42.5 Å². The Morgan fingerprint density at radius 1 is 1.05 bits per heavy atom. The van der Waals surface area contributed by atoms with E-state index in [1.165, 1.54) is 0 Å². The summed E-state index contributed by atoms with van der Waals surface area (Å²) in [6.45, 7) is 0.432. The van der Waals surface area contributed by atoms with Crippen LogP contribution in [0.5, 0.6) is 0 Å². The van der Waals surface area contributed by atoms with E-state index >= 15 is 0 Å². The minimum absolute atomic E-state index is 0.162. The number of carbonyl (C=O) groups is 1. The molecule has 0 radical (unpaired) electrons. The Hall–Kier alpha value is -2.62. The van der Waals surface area contributed by atoms with Crippen LogP contribution in [0, 0.1) is 0 Å². The first-order valence-corrected chi connectivity index (χ1v) is 5.92. The van der Waals surface area contributed by atoms with Gasteiger partial charge in [-0.25, -0.2) is 0 Å². The number of nitrogens with zero attached hydrogens (tertiary/aromatic N) is 1. The number of fused-ring (bicyclic) bond motifs is 1. The van der Waals surface area contributed by atoms with Gasteiger partial charge in [-0.3, -0.25) is 0 Å². The molecule has 0 saturated carbocycles. The summed E-state index contributed by atoms with van der Waals surface area (Å²) in [7, 11) is 0. The van der Waals surface area contributed by atoms with Crippen LogP contribution in [-0.2, 0) is 6.54 Å². The van der Waals surface area contributed by atoms with Gasteiger partial charge in [0.2, 0.25) is 5.58 Å². The highest BCUT2D eigenvalue weighted by Gasteiger charge is 2.23. The number of rotatable bonds is 3. The number of aromatic nitrogens is 1. The topological polar surface area (TPSA) is 57.1 Å². The molecule has 3 aromatic rings. The van der Waals surface area contributed by atoms with E-state index in [1.807, 2.05) is 42.5 Å². The molecule has 0 amide bonds. The van der Waals surface area contributed by atoms with Crippen molar-refractivity contribution in [3.05, 3.63) is 66.1 Å². The number of carboxylic acids is 1. The predicted molar refractivity (Wildman–Crippen MR) is 66.3 cm³/mol. The van der Waals surface area contributed by atoms with E-state index in [4.69, 9.17) is 4.42 Å². The highest BCUT2D eigenvalue weighted by molar-refractivity contribution is 5.81. The number of aromatic carboxylic acids is 1. The van der Waals surface area contributed by atoms with Gasteiger partial charge < -0.3 is 14.3 Å². The second kappa shape index (κ2) is 4.57. The molecule has 3 rings (SSSR count). The zero-order valence-electron chi connectivity index (χ0n) is 10.1. The average molecular weight is 253 g/mol. The first-order chi connectivity index (χ1) is 9.25. The predicted octanol–water partition coefficient (Wildman–Crippen LogP) is 1.13. The number of carbonyl (C=O) groups excluding carboxylic acids is 1. The Labute approximate surface area is 109 Å². The highest BCUT2D eigenvalue weighted by atomic mass is 16.4. The number of benzene rings is 2. The lowest BCUT2D eigenvalue weighted by molar-refractivity contribution is -0.672. The van der Waals surface area contributed by atoms with Crippen LogP contribution in [0.1, 0.15) is 16.2 Å². The van der Waals surface area contributed by atoms with Gasteiger partial charge in [-0.15, -0.1) is 0 Å². The molecule has 1 heterocycles. The van der Waals surface area contributed by atoms with Gasteiger partial charge >= 0.3 is 5.89 Å². The quantitative estimate of drug-likeness (QED) is 0.657. The van der Waals surface area contributed by atoms with Crippen LogP contribution in [0.3, 0.4) is 0 Å². The SMILES string of the molecule is O=C([O-])c1oc2ccccc2[n+]1Cc1ccccc1. The van der Waals surface area contributed by atoms with Crippen LogP contribution in [0.25, 0.3) is 11.1 Å². The molecule has 2 aromatic carbocycles. The van der Waals surface area contributed by atoms with Crippen LogP contribution < -0.4 is 9.67 Å². The lowest BCUT2D eigenvalue weighted by Gasteiger charge is -1.98. The summed E-state index contributed by atoms with van der Waals surface area (Å²) in [4.78, 5) is 11.2. The molecule has 0 aliphatic carbocycles. The molecule has 0 atom stereocenters. The molecule has 94 valence electrons. The summed E-state index contributed by atoms with van der Waals surface area (Å²) in [6, 6.07) is 16.8. The minimum atomic E-state index is -1.31. The van der Waals surface area contributed by atoms with Gasteiger partial charge in [0, 0.05) is 11.6 Å². The summed E-state index contributed by atoms with van der Waals surface area (Å²) in [5.74, 6) is -1.47. The van der Waals surface area contributed by atoms with Gasteiger partial charge in [0.25, 0.3) is 5.52 Å². The average Bonchev–Trinajstić information content (AvgIpc) is 2.79. The fourth-order valence-electron chi connectivity index (χ4n) is 2.11. The van der Waals surface area contributed by atoms with Crippen LogP contribution in [0.4, 0.5) is 0 Å². The molecule has 0 aliphatic rings. The number of hydrogen-bond acceptors (Lipinski definition) is 3. The normalized spacial score (nSPS) is 10.7. The van der Waals surface area contributed by atoms with Crippen molar-refractivity contribution >= 4 is 17.1 Å². The first kappa shape index (κ1) is 11.5. The summed E-state index contributed by atoms with van der Waals surface area (Å²) in [5, 5.41) is 11.2. The molecular weight excluding hydrogens is 242 g/mol. The summed E-state index contributed by atoms with van der Waals surface area (Å²) >= 11 is 0. The van der Waals surface area contributed by atoms with Gasteiger partial charge in [0.15, 0.2) is 12.5 Å². The molecule has 0 saturated heterocycles. The van der Waals surface area contributed by atoms with Crippen molar-refractivity contribution in [3.63, 3.8) is 0 Å². The van der Waals surface area contributed by atoms with E-state index < -0.39 is 5.97 Å². The van der Waals surface area contributed by atoms with E-state index in [0.717, 1.165) is 11.1 Å². The van der Waals surface area contributed by atoms with Crippen molar-refractivity contribution in [2.24, 2.45) is 0 Å². The summed E-state index contributed by atoms with van der Waals surface area (Å²) in [6.07, 6.45) is 0. The van der Waals surface area contributed by atoms with E-state index in [-0.39, 0.29) is 5.89 Å². The molecule has 4 nitrogen and oxygen atoms in total. The monoisotopic (exact) mass is 253 g/mol. The molecule has 0 aliphatic heterocycles. The fraction of sp³-hybridized carbons (Fsp3) is 0.0667. The van der Waals surface area contributed by atoms with Gasteiger partial charge in [0.05, 0.1) is 0 Å². The molecule has 0 unspecified atom stereocenters. The van der Waals surface area contributed by atoms with Crippen LogP contribution in [0.2, 0.25) is 0 Å². The highest BCUT2D eigenvalue weighted by Crippen LogP contribution is 2.13. The zero-order valence-corrected chi connectivity index (χ0v) is 10.1. The Bertz CT molecular complexity index is 731. The number of para-hydroxylation sites is 2. The summed E-state index contributed by atoms with van der Waals surface area (Å²) < 4.78 is 6.94. The lowest BCUT2D eigenvalue weighted by Crippen LogP contribution is -2.43. The van der Waals surface area contributed by atoms with E-state index in [1.54, 1.807) is 16.7 Å². The number of carboxylic acid groups (broad SMARTS) is 1. The van der Waals surface area contributed by atoms with E-state index in [2.05, 4.69) is 0 Å². The maximum absolute atomic E-state index is 11.2. The Morgan fingerprint density at radius 2 is 1.74 bits per heavy atom. The Balaban J connectivity index is 2.15. The smallest absolute Gasteiger partial charge is 0.398 e. The molecule has 0 bridgehead atoms. The van der Waals surface area contributed by atoms with E-state index in [0.29, 0.717) is 12.1 Å². The Morgan fingerprint density at radius 3 is 2.47 bits per heavy atom. The van der Waals surface area contributed by atoms with Crippen molar-refractivity contribution in [1.82, 2.24) is 0 Å². The second-order valence-electron chi connectivity index (χ2n) is 4.23. The van der Waals surface area contributed by atoms with Crippen molar-refractivity contribution < 1.29 is 18.9 Å². The zero-order chi connectivity index (χ0) is 13.2. The molecule has 0 spiro atoms. The van der Waals surface area contributed by atoms with Gasteiger partial charge in [0.1, 0.15) is 0 Å². The maximum Gasteiger partial charge on any atom is 0.398 e.